The van der Waals surface area contributed by atoms with Gasteiger partial charge in [-0.2, -0.15) is 0 Å². The van der Waals surface area contributed by atoms with Crippen LogP contribution in [0, 0.1) is 5.92 Å². The molecule has 1 rings (SSSR count). The number of nitrogens with two attached hydrogens (primary N) is 1. The van der Waals surface area contributed by atoms with E-state index >= 15 is 0 Å². The highest BCUT2D eigenvalue weighted by Gasteiger charge is 2.36. The Morgan fingerprint density at radius 2 is 2.38 bits per heavy atom. The average molecular weight is 224 g/mol. The number of aromatic amines is 1. The van der Waals surface area contributed by atoms with E-state index in [-0.39, 0.29) is 11.8 Å². The van der Waals surface area contributed by atoms with Crippen molar-refractivity contribution in [2.45, 2.75) is 32.2 Å². The molecule has 5 nitrogen and oxygen atoms in total. The smallest absolute Gasteiger partial charge is 0.240 e. The van der Waals surface area contributed by atoms with E-state index in [1.54, 1.807) is 19.6 Å². The van der Waals surface area contributed by atoms with Crippen LogP contribution < -0.4 is 11.1 Å². The van der Waals surface area contributed by atoms with E-state index in [4.69, 9.17) is 5.73 Å². The van der Waals surface area contributed by atoms with Crippen LogP contribution in [0.2, 0.25) is 0 Å². The van der Waals surface area contributed by atoms with Gasteiger partial charge in [0.2, 0.25) is 5.91 Å². The molecule has 1 aromatic heterocycles. The van der Waals surface area contributed by atoms with E-state index in [9.17, 15) is 4.79 Å². The lowest BCUT2D eigenvalue weighted by Crippen LogP contribution is -2.57. The van der Waals surface area contributed by atoms with Crippen LogP contribution >= 0.6 is 0 Å². The zero-order valence-corrected chi connectivity index (χ0v) is 10.1. The number of nitrogens with zero attached hydrogens (tertiary/aromatic N) is 1. The number of hydrogen-bond donors (Lipinski definition) is 3. The molecule has 0 aliphatic heterocycles. The first-order chi connectivity index (χ1) is 7.50. The molecule has 1 amide bonds. The van der Waals surface area contributed by atoms with Crippen LogP contribution in [0.4, 0.5) is 0 Å². The van der Waals surface area contributed by atoms with Crippen LogP contribution in [0.25, 0.3) is 0 Å². The van der Waals surface area contributed by atoms with Crippen LogP contribution in [-0.4, -0.2) is 28.5 Å². The fraction of sp³-hybridized carbons (Fsp3) is 0.636. The van der Waals surface area contributed by atoms with Crippen molar-refractivity contribution < 1.29 is 4.79 Å². The number of hydrogen-bond acceptors (Lipinski definition) is 3. The highest BCUT2D eigenvalue weighted by Crippen LogP contribution is 2.20. The molecule has 1 heterocycles. The number of imidazole rings is 1. The summed E-state index contributed by atoms with van der Waals surface area (Å²) in [6.07, 6.45) is 4.71. The fourth-order valence-electron chi connectivity index (χ4n) is 1.66. The number of aromatic nitrogens is 2. The molecule has 1 atom stereocenters. The highest BCUT2D eigenvalue weighted by atomic mass is 16.2. The second-order valence-electron chi connectivity index (χ2n) is 4.35. The van der Waals surface area contributed by atoms with Crippen LogP contribution in [-0.2, 0) is 11.2 Å². The molecule has 0 saturated carbocycles. The van der Waals surface area contributed by atoms with Gasteiger partial charge in [-0.3, -0.25) is 4.79 Å². The fourth-order valence-corrected chi connectivity index (χ4v) is 1.66. The maximum atomic E-state index is 11.8. The van der Waals surface area contributed by atoms with Crippen molar-refractivity contribution >= 4 is 5.91 Å². The molecule has 90 valence electrons. The molecule has 16 heavy (non-hydrogen) atoms. The van der Waals surface area contributed by atoms with E-state index in [0.717, 1.165) is 12.1 Å². The van der Waals surface area contributed by atoms with Gasteiger partial charge < -0.3 is 16.0 Å². The topological polar surface area (TPSA) is 83.8 Å². The predicted molar refractivity (Wildman–Crippen MR) is 62.7 cm³/mol. The van der Waals surface area contributed by atoms with Gasteiger partial charge >= 0.3 is 0 Å². The van der Waals surface area contributed by atoms with E-state index in [0.29, 0.717) is 6.42 Å². The summed E-state index contributed by atoms with van der Waals surface area (Å²) in [5.41, 5.74) is 6.34. The third-order valence-electron chi connectivity index (χ3n) is 3.04. The molecule has 0 unspecified atom stereocenters. The first kappa shape index (κ1) is 12.7. The van der Waals surface area contributed by atoms with Gasteiger partial charge in [0, 0.05) is 18.9 Å². The van der Waals surface area contributed by atoms with Crippen molar-refractivity contribution in [1.82, 2.24) is 15.3 Å². The Morgan fingerprint density at radius 1 is 1.69 bits per heavy atom. The lowest BCUT2D eigenvalue weighted by atomic mass is 9.82. The number of amides is 1. The van der Waals surface area contributed by atoms with Crippen LogP contribution in [0.3, 0.4) is 0 Å². The zero-order chi connectivity index (χ0) is 12.2. The van der Waals surface area contributed by atoms with Gasteiger partial charge in [-0.15, -0.1) is 0 Å². The molecule has 0 spiro atoms. The minimum Gasteiger partial charge on any atom is -0.358 e. The summed E-state index contributed by atoms with van der Waals surface area (Å²) < 4.78 is 0. The van der Waals surface area contributed by atoms with Gasteiger partial charge in [-0.1, -0.05) is 13.8 Å². The standard InChI is InChI=1S/C11H20N4O/c1-8(2)11(12,10(16)13-3)5-4-9-6-14-7-15-9/h6-8H,4-5,12H2,1-3H3,(H,13,16)(H,14,15)/t11-/m0/s1. The molecule has 4 N–H and O–H groups in total. The molecule has 0 aliphatic carbocycles. The lowest BCUT2D eigenvalue weighted by molar-refractivity contribution is -0.127. The van der Waals surface area contributed by atoms with Gasteiger partial charge in [0.05, 0.1) is 11.9 Å². The largest absolute Gasteiger partial charge is 0.358 e. The summed E-state index contributed by atoms with van der Waals surface area (Å²) in [5, 5.41) is 2.63. The lowest BCUT2D eigenvalue weighted by Gasteiger charge is -2.31. The van der Waals surface area contributed by atoms with E-state index in [1.807, 2.05) is 13.8 Å². The Kier molecular flexibility index (Phi) is 4.06. The summed E-state index contributed by atoms with van der Waals surface area (Å²) in [6, 6.07) is 0. The maximum absolute atomic E-state index is 11.8. The maximum Gasteiger partial charge on any atom is 0.240 e. The Bertz CT molecular complexity index is 334. The normalized spacial score (nSPS) is 14.8. The third-order valence-corrected chi connectivity index (χ3v) is 3.04. The van der Waals surface area contributed by atoms with Crippen molar-refractivity contribution in [2.75, 3.05) is 7.05 Å². The third kappa shape index (κ3) is 2.61. The summed E-state index contributed by atoms with van der Waals surface area (Å²) in [4.78, 5) is 18.7. The number of likely N-dealkylation sites (N-methyl/N-ethyl adjacent to an activating group) is 1. The van der Waals surface area contributed by atoms with E-state index < -0.39 is 5.54 Å². The highest BCUT2D eigenvalue weighted by molar-refractivity contribution is 5.86. The van der Waals surface area contributed by atoms with Crippen molar-refractivity contribution in [3.63, 3.8) is 0 Å². The van der Waals surface area contributed by atoms with Crippen LogP contribution in [0.1, 0.15) is 26.0 Å². The first-order valence-corrected chi connectivity index (χ1v) is 5.49. The first-order valence-electron chi connectivity index (χ1n) is 5.49. The van der Waals surface area contributed by atoms with Gasteiger partial charge in [0.15, 0.2) is 0 Å². The molecular formula is C11H20N4O. The van der Waals surface area contributed by atoms with Crippen LogP contribution in [0.15, 0.2) is 12.5 Å². The van der Waals surface area contributed by atoms with Crippen molar-refractivity contribution in [3.8, 4) is 0 Å². The second-order valence-corrected chi connectivity index (χ2v) is 4.35. The Balaban J connectivity index is 2.68. The Hall–Kier alpha value is -1.36. The molecular weight excluding hydrogens is 204 g/mol. The number of nitrogens with one attached hydrogen (secondary N) is 2. The summed E-state index contributed by atoms with van der Waals surface area (Å²) >= 11 is 0. The molecule has 0 radical (unpaired) electrons. The number of carbonyl (C=O) groups excluding carboxylic acids is 1. The minimum absolute atomic E-state index is 0.0929. The van der Waals surface area contributed by atoms with Crippen molar-refractivity contribution in [1.29, 1.82) is 0 Å². The number of rotatable bonds is 5. The Labute approximate surface area is 95.8 Å². The molecule has 1 aromatic rings. The van der Waals surface area contributed by atoms with Gasteiger partial charge in [-0.25, -0.2) is 4.98 Å². The average Bonchev–Trinajstić information content (AvgIpc) is 2.77. The number of carbonyl (C=O) groups is 1. The van der Waals surface area contributed by atoms with Gasteiger partial charge in [-0.05, 0) is 18.8 Å². The Morgan fingerprint density at radius 3 is 2.81 bits per heavy atom. The molecule has 0 fully saturated rings. The minimum atomic E-state index is -0.820. The monoisotopic (exact) mass is 224 g/mol. The van der Waals surface area contributed by atoms with Crippen molar-refractivity contribution in [2.24, 2.45) is 11.7 Å². The summed E-state index contributed by atoms with van der Waals surface area (Å²) in [7, 11) is 1.61. The molecule has 5 heteroatoms. The summed E-state index contributed by atoms with van der Waals surface area (Å²) in [5.74, 6) is -0.0163. The van der Waals surface area contributed by atoms with Gasteiger partial charge in [0.25, 0.3) is 0 Å². The zero-order valence-electron chi connectivity index (χ0n) is 10.1. The van der Waals surface area contributed by atoms with E-state index in [2.05, 4.69) is 15.3 Å². The second kappa shape index (κ2) is 5.12. The van der Waals surface area contributed by atoms with Crippen LogP contribution in [0.5, 0.6) is 0 Å². The summed E-state index contributed by atoms with van der Waals surface area (Å²) in [6.45, 7) is 3.92. The van der Waals surface area contributed by atoms with Crippen molar-refractivity contribution in [3.05, 3.63) is 18.2 Å². The van der Waals surface area contributed by atoms with Gasteiger partial charge in [0.1, 0.15) is 0 Å². The molecule has 0 bridgehead atoms. The SMILES string of the molecule is CNC(=O)[C@](N)(CCc1cnc[nH]1)C(C)C. The molecule has 0 aromatic carbocycles. The van der Waals surface area contributed by atoms with E-state index in [1.165, 1.54) is 0 Å². The molecule has 0 saturated heterocycles. The predicted octanol–water partition coefficient (Wildman–Crippen LogP) is 0.442. The number of aryl methyl sites for hydroxylation is 1. The number of H-pyrrole nitrogens is 1. The molecule has 0 aliphatic rings. The quantitative estimate of drug-likeness (QED) is 0.678.